The van der Waals surface area contributed by atoms with E-state index in [1.165, 1.54) is 0 Å². The zero-order chi connectivity index (χ0) is 13.8. The highest BCUT2D eigenvalue weighted by atomic mass is 16.3. The third kappa shape index (κ3) is 3.33. The highest BCUT2D eigenvalue weighted by Gasteiger charge is 2.31. The smallest absolute Gasteiger partial charge is 0.234 e. The van der Waals surface area contributed by atoms with Crippen molar-refractivity contribution in [2.45, 2.75) is 44.9 Å². The molecule has 4 nitrogen and oxygen atoms in total. The number of aliphatic hydroxyl groups is 1. The fourth-order valence-corrected chi connectivity index (χ4v) is 2.38. The molecule has 1 aliphatic carbocycles. The molecule has 0 saturated heterocycles. The van der Waals surface area contributed by atoms with Gasteiger partial charge in [0.25, 0.3) is 0 Å². The zero-order valence-corrected chi connectivity index (χ0v) is 11.5. The quantitative estimate of drug-likeness (QED) is 0.746. The Kier molecular flexibility index (Phi) is 4.56. The highest BCUT2D eigenvalue weighted by Crippen LogP contribution is 2.30. The Morgan fingerprint density at radius 3 is 2.95 bits per heavy atom. The van der Waals surface area contributed by atoms with Crippen molar-refractivity contribution >= 4 is 5.91 Å². The first kappa shape index (κ1) is 14.0. The minimum Gasteiger partial charge on any atom is -0.390 e. The Labute approximate surface area is 114 Å². The largest absolute Gasteiger partial charge is 0.390 e. The van der Waals surface area contributed by atoms with Crippen LogP contribution in [-0.2, 0) is 11.2 Å². The Morgan fingerprint density at radius 1 is 1.47 bits per heavy atom. The van der Waals surface area contributed by atoms with Crippen LogP contribution in [0.3, 0.4) is 0 Å². The van der Waals surface area contributed by atoms with E-state index >= 15 is 0 Å². The zero-order valence-electron chi connectivity index (χ0n) is 11.5. The summed E-state index contributed by atoms with van der Waals surface area (Å²) in [6.45, 7) is 4.42. The van der Waals surface area contributed by atoms with Crippen molar-refractivity contribution in [3.05, 3.63) is 35.4 Å². The van der Waals surface area contributed by atoms with E-state index in [2.05, 4.69) is 17.6 Å². The molecule has 0 aromatic heterocycles. The fourth-order valence-electron chi connectivity index (χ4n) is 2.38. The molecule has 0 saturated carbocycles. The Balaban J connectivity index is 1.94. The molecule has 0 heterocycles. The molecule has 0 radical (unpaired) electrons. The molecule has 1 aromatic carbocycles. The number of carbonyl (C=O) groups excluding carboxylic acids is 1. The number of carbonyl (C=O) groups is 1. The summed E-state index contributed by atoms with van der Waals surface area (Å²) in [5.41, 5.74) is 2.15. The second-order valence-electron chi connectivity index (χ2n) is 5.21. The number of rotatable bonds is 5. The van der Waals surface area contributed by atoms with Crippen LogP contribution in [0.2, 0.25) is 0 Å². The fraction of sp³-hybridized carbons (Fsp3) is 0.533. The van der Waals surface area contributed by atoms with E-state index in [-0.39, 0.29) is 11.9 Å². The number of aliphatic hydroxyl groups excluding tert-OH is 1. The molecular weight excluding hydrogens is 240 g/mol. The molecular formula is C15H22N2O2. The lowest BCUT2D eigenvalue weighted by atomic mass is 10.1. The van der Waals surface area contributed by atoms with Crippen molar-refractivity contribution in [3.8, 4) is 0 Å². The van der Waals surface area contributed by atoms with Gasteiger partial charge in [0.15, 0.2) is 0 Å². The monoisotopic (exact) mass is 262 g/mol. The normalized spacial score (nSPS) is 22.9. The molecule has 104 valence electrons. The molecule has 1 amide bonds. The second-order valence-corrected chi connectivity index (χ2v) is 5.21. The second kappa shape index (κ2) is 6.17. The van der Waals surface area contributed by atoms with Crippen LogP contribution in [-0.4, -0.2) is 29.7 Å². The summed E-state index contributed by atoms with van der Waals surface area (Å²) in [6, 6.07) is 7.92. The van der Waals surface area contributed by atoms with Crippen LogP contribution >= 0.6 is 0 Å². The summed E-state index contributed by atoms with van der Waals surface area (Å²) in [7, 11) is 0. The Bertz CT molecular complexity index is 448. The van der Waals surface area contributed by atoms with Crippen molar-refractivity contribution in [3.63, 3.8) is 0 Å². The number of amides is 1. The molecule has 1 unspecified atom stereocenters. The number of nitrogens with one attached hydrogen (secondary N) is 2. The summed E-state index contributed by atoms with van der Waals surface area (Å²) in [6.07, 6.45) is 1.08. The van der Waals surface area contributed by atoms with Crippen LogP contribution in [0.1, 0.15) is 37.4 Å². The van der Waals surface area contributed by atoms with Crippen LogP contribution < -0.4 is 10.6 Å². The summed E-state index contributed by atoms with van der Waals surface area (Å²) >= 11 is 0. The molecule has 4 heteroatoms. The molecule has 3 atom stereocenters. The Hall–Kier alpha value is -1.39. The predicted octanol–water partition coefficient (Wildman–Crippen LogP) is 1.15. The van der Waals surface area contributed by atoms with Crippen molar-refractivity contribution in [2.24, 2.45) is 0 Å². The van der Waals surface area contributed by atoms with Crippen LogP contribution in [0.25, 0.3) is 0 Å². The molecule has 3 N–H and O–H groups in total. The average Bonchev–Trinajstić information content (AvgIpc) is 2.72. The van der Waals surface area contributed by atoms with Gasteiger partial charge in [0, 0.05) is 12.5 Å². The highest BCUT2D eigenvalue weighted by molar-refractivity contribution is 5.78. The third-order valence-corrected chi connectivity index (χ3v) is 3.74. The van der Waals surface area contributed by atoms with Gasteiger partial charge in [0.05, 0.1) is 18.7 Å². The summed E-state index contributed by atoms with van der Waals surface area (Å²) in [4.78, 5) is 11.9. The summed E-state index contributed by atoms with van der Waals surface area (Å²) in [5, 5.41) is 16.1. The van der Waals surface area contributed by atoms with Crippen molar-refractivity contribution in [1.82, 2.24) is 10.6 Å². The van der Waals surface area contributed by atoms with Crippen LogP contribution in [0.4, 0.5) is 0 Å². The van der Waals surface area contributed by atoms with Gasteiger partial charge < -0.3 is 15.7 Å². The summed E-state index contributed by atoms with van der Waals surface area (Å²) in [5.74, 6) is -0.0685. The molecule has 0 bridgehead atoms. The number of hydrogen-bond acceptors (Lipinski definition) is 3. The molecule has 0 fully saturated rings. The molecule has 0 aliphatic heterocycles. The maximum Gasteiger partial charge on any atom is 0.234 e. The van der Waals surface area contributed by atoms with E-state index in [4.69, 9.17) is 0 Å². The van der Waals surface area contributed by atoms with Gasteiger partial charge in [-0.1, -0.05) is 31.2 Å². The average molecular weight is 262 g/mol. The minimum atomic E-state index is -0.523. The maximum absolute atomic E-state index is 11.9. The summed E-state index contributed by atoms with van der Waals surface area (Å²) < 4.78 is 0. The molecule has 1 aromatic rings. The van der Waals surface area contributed by atoms with Crippen LogP contribution in [0.5, 0.6) is 0 Å². The lowest BCUT2D eigenvalue weighted by Gasteiger charge is -2.19. The molecule has 2 rings (SSSR count). The van der Waals surface area contributed by atoms with E-state index in [9.17, 15) is 9.90 Å². The molecule has 1 aliphatic rings. The SMILES string of the molecule is CCC(C)NCC(=O)N[C@@H]1c2ccccc2C[C@@H]1O. The van der Waals surface area contributed by atoms with Gasteiger partial charge in [-0.2, -0.15) is 0 Å². The standard InChI is InChI=1S/C15H22N2O2/c1-3-10(2)16-9-14(19)17-15-12-7-5-4-6-11(12)8-13(15)18/h4-7,10,13,15-16,18H,3,8-9H2,1-2H3,(H,17,19)/t10?,13-,15+/m0/s1. The van der Waals surface area contributed by atoms with Gasteiger partial charge in [-0.05, 0) is 24.5 Å². The van der Waals surface area contributed by atoms with Gasteiger partial charge in [0.1, 0.15) is 0 Å². The first-order valence-corrected chi connectivity index (χ1v) is 6.90. The number of benzene rings is 1. The van der Waals surface area contributed by atoms with E-state index < -0.39 is 6.10 Å². The van der Waals surface area contributed by atoms with Crippen LogP contribution in [0.15, 0.2) is 24.3 Å². The van der Waals surface area contributed by atoms with Gasteiger partial charge in [-0.3, -0.25) is 4.79 Å². The van der Waals surface area contributed by atoms with Crippen LogP contribution in [0, 0.1) is 0 Å². The van der Waals surface area contributed by atoms with Gasteiger partial charge in [-0.25, -0.2) is 0 Å². The molecule has 19 heavy (non-hydrogen) atoms. The maximum atomic E-state index is 11.9. The third-order valence-electron chi connectivity index (χ3n) is 3.74. The lowest BCUT2D eigenvalue weighted by Crippen LogP contribution is -2.41. The van der Waals surface area contributed by atoms with Crippen molar-refractivity contribution in [2.75, 3.05) is 6.54 Å². The first-order valence-electron chi connectivity index (χ1n) is 6.90. The van der Waals surface area contributed by atoms with E-state index in [1.807, 2.05) is 31.2 Å². The number of fused-ring (bicyclic) bond motifs is 1. The first-order chi connectivity index (χ1) is 9.11. The van der Waals surface area contributed by atoms with Gasteiger partial charge >= 0.3 is 0 Å². The van der Waals surface area contributed by atoms with E-state index in [0.29, 0.717) is 19.0 Å². The van der Waals surface area contributed by atoms with E-state index in [0.717, 1.165) is 17.5 Å². The Morgan fingerprint density at radius 2 is 2.21 bits per heavy atom. The topological polar surface area (TPSA) is 61.4 Å². The predicted molar refractivity (Wildman–Crippen MR) is 74.8 cm³/mol. The van der Waals surface area contributed by atoms with Crippen molar-refractivity contribution < 1.29 is 9.90 Å². The van der Waals surface area contributed by atoms with Gasteiger partial charge in [-0.15, -0.1) is 0 Å². The van der Waals surface area contributed by atoms with Gasteiger partial charge in [0.2, 0.25) is 5.91 Å². The minimum absolute atomic E-state index is 0.0685. The number of hydrogen-bond donors (Lipinski definition) is 3. The van der Waals surface area contributed by atoms with Crippen molar-refractivity contribution in [1.29, 1.82) is 0 Å². The molecule has 0 spiro atoms. The lowest BCUT2D eigenvalue weighted by molar-refractivity contribution is -0.121. The van der Waals surface area contributed by atoms with E-state index in [1.54, 1.807) is 0 Å².